The lowest BCUT2D eigenvalue weighted by atomic mass is 9.97. The molecule has 4 rings (SSSR count). The minimum absolute atomic E-state index is 0.313. The molecule has 2 aliphatic heterocycles. The number of hydrogen-bond acceptors (Lipinski definition) is 7. The Morgan fingerprint density at radius 2 is 2.00 bits per heavy atom. The molecule has 29 heavy (non-hydrogen) atoms. The van der Waals surface area contributed by atoms with Crippen LogP contribution in [0, 0.1) is 11.3 Å². The highest BCUT2D eigenvalue weighted by Gasteiger charge is 2.49. The van der Waals surface area contributed by atoms with Crippen molar-refractivity contribution < 1.29 is 18.9 Å². The highest BCUT2D eigenvalue weighted by molar-refractivity contribution is 9.10. The quantitative estimate of drug-likeness (QED) is 0.720. The zero-order valence-electron chi connectivity index (χ0n) is 15.7. The van der Waals surface area contributed by atoms with Gasteiger partial charge in [0.2, 0.25) is 0 Å². The summed E-state index contributed by atoms with van der Waals surface area (Å²) in [7, 11) is 1.61. The molecule has 6 nitrogen and oxygen atoms in total. The first kappa shape index (κ1) is 20.8. The first-order valence-corrected chi connectivity index (χ1v) is 10.9. The van der Waals surface area contributed by atoms with Crippen LogP contribution < -0.4 is 5.73 Å². The van der Waals surface area contributed by atoms with E-state index in [1.165, 1.54) is 11.8 Å². The summed E-state index contributed by atoms with van der Waals surface area (Å²) in [6.07, 6.45) is -1.55. The molecule has 8 heteroatoms. The maximum atomic E-state index is 9.42. The largest absolute Gasteiger partial charge is 0.376 e. The van der Waals surface area contributed by atoms with E-state index in [-0.39, 0.29) is 12.2 Å². The Kier molecular flexibility index (Phi) is 6.56. The molecule has 2 aromatic carbocycles. The third-order valence-electron chi connectivity index (χ3n) is 5.05. The Bertz CT molecular complexity index is 894. The van der Waals surface area contributed by atoms with Gasteiger partial charge in [0.25, 0.3) is 0 Å². The van der Waals surface area contributed by atoms with Crippen molar-refractivity contribution in [3.05, 3.63) is 64.1 Å². The average molecular weight is 477 g/mol. The van der Waals surface area contributed by atoms with Gasteiger partial charge in [-0.1, -0.05) is 58.0 Å². The number of nitrogens with two attached hydrogens (primary N) is 1. The molecule has 2 saturated heterocycles. The van der Waals surface area contributed by atoms with Gasteiger partial charge in [0.05, 0.1) is 18.2 Å². The van der Waals surface area contributed by atoms with E-state index in [4.69, 9.17) is 24.7 Å². The molecular weight excluding hydrogens is 456 g/mol. The van der Waals surface area contributed by atoms with Crippen LogP contribution >= 0.6 is 27.7 Å². The van der Waals surface area contributed by atoms with E-state index in [9.17, 15) is 5.26 Å². The Morgan fingerprint density at radius 1 is 1.21 bits per heavy atom. The highest BCUT2D eigenvalue weighted by atomic mass is 79.9. The van der Waals surface area contributed by atoms with Gasteiger partial charge < -0.3 is 24.7 Å². The van der Waals surface area contributed by atoms with Crippen molar-refractivity contribution in [1.29, 1.82) is 5.26 Å². The fourth-order valence-corrected chi connectivity index (χ4v) is 5.40. The fourth-order valence-electron chi connectivity index (χ4n) is 3.58. The number of thioether (sulfide) groups is 1. The van der Waals surface area contributed by atoms with Crippen molar-refractivity contribution in [3.63, 3.8) is 0 Å². The van der Waals surface area contributed by atoms with Crippen molar-refractivity contribution in [2.24, 2.45) is 5.73 Å². The Balaban J connectivity index is 1.53. The molecule has 2 heterocycles. The number of fused-ring (bicyclic) bond motifs is 1. The molecule has 2 fully saturated rings. The van der Waals surface area contributed by atoms with Gasteiger partial charge in [0, 0.05) is 22.0 Å². The predicted molar refractivity (Wildman–Crippen MR) is 112 cm³/mol. The Morgan fingerprint density at radius 3 is 2.72 bits per heavy atom. The van der Waals surface area contributed by atoms with Crippen molar-refractivity contribution >= 4 is 27.7 Å². The second-order valence-electron chi connectivity index (χ2n) is 6.87. The molecular formula is C21H21BrN2O4S. The second kappa shape index (κ2) is 9.14. The van der Waals surface area contributed by atoms with Gasteiger partial charge in [-0.15, -0.1) is 0 Å². The number of nitriles is 1. The monoisotopic (exact) mass is 476 g/mol. The standard InChI is InChI=1S/C21H21BrN2O4S/c1-25-19-17(24)18-15(11-26-20(28-18)12-5-3-2-4-6-12)27-21(19)29-16-9-14(22)8-7-13(16)10-23/h2-9,15,17-21H,11,24H2,1H3. The first-order chi connectivity index (χ1) is 14.1. The van der Waals surface area contributed by atoms with Crippen molar-refractivity contribution in [1.82, 2.24) is 0 Å². The molecule has 2 aliphatic rings. The normalized spacial score (nSPS) is 31.7. The fraction of sp³-hybridized carbons (Fsp3) is 0.381. The van der Waals surface area contributed by atoms with Crippen molar-refractivity contribution in [2.75, 3.05) is 13.7 Å². The molecule has 0 bridgehead atoms. The van der Waals surface area contributed by atoms with Gasteiger partial charge in [-0.05, 0) is 18.2 Å². The van der Waals surface area contributed by atoms with E-state index in [1.807, 2.05) is 42.5 Å². The molecule has 2 N–H and O–H groups in total. The van der Waals surface area contributed by atoms with E-state index in [0.717, 1.165) is 14.9 Å². The lowest BCUT2D eigenvalue weighted by Gasteiger charge is -2.48. The van der Waals surface area contributed by atoms with Crippen LogP contribution in [0.4, 0.5) is 0 Å². The summed E-state index contributed by atoms with van der Waals surface area (Å²) < 4.78 is 24.9. The molecule has 0 amide bonds. The lowest BCUT2D eigenvalue weighted by molar-refractivity contribution is -0.298. The number of benzene rings is 2. The van der Waals surface area contributed by atoms with Crippen LogP contribution in [0.3, 0.4) is 0 Å². The number of halogens is 1. The first-order valence-electron chi connectivity index (χ1n) is 9.23. The van der Waals surface area contributed by atoms with E-state index < -0.39 is 23.9 Å². The zero-order valence-corrected chi connectivity index (χ0v) is 18.1. The Labute approximate surface area is 182 Å². The van der Waals surface area contributed by atoms with Gasteiger partial charge in [-0.2, -0.15) is 5.26 Å². The van der Waals surface area contributed by atoms with Crippen LogP contribution in [0.5, 0.6) is 0 Å². The molecule has 0 spiro atoms. The van der Waals surface area contributed by atoms with E-state index >= 15 is 0 Å². The second-order valence-corrected chi connectivity index (χ2v) is 8.92. The summed E-state index contributed by atoms with van der Waals surface area (Å²) in [5, 5.41) is 9.42. The molecule has 2 aromatic rings. The average Bonchev–Trinajstić information content (AvgIpc) is 2.75. The van der Waals surface area contributed by atoms with Crippen LogP contribution in [0.2, 0.25) is 0 Å². The van der Waals surface area contributed by atoms with E-state index in [2.05, 4.69) is 22.0 Å². The van der Waals surface area contributed by atoms with Gasteiger partial charge >= 0.3 is 0 Å². The molecule has 6 atom stereocenters. The molecule has 0 aliphatic carbocycles. The number of ether oxygens (including phenoxy) is 4. The SMILES string of the molecule is COC1C(Sc2cc(Br)ccc2C#N)OC2COC(c3ccccc3)OC2C1N. The van der Waals surface area contributed by atoms with Crippen LogP contribution in [0.1, 0.15) is 17.4 Å². The van der Waals surface area contributed by atoms with Gasteiger partial charge in [0.1, 0.15) is 29.8 Å². The minimum atomic E-state index is -0.482. The summed E-state index contributed by atoms with van der Waals surface area (Å²) in [5.41, 5.74) is 7.68. The number of rotatable bonds is 4. The molecule has 0 saturated carbocycles. The topological polar surface area (TPSA) is 86.7 Å². The maximum Gasteiger partial charge on any atom is 0.184 e. The minimum Gasteiger partial charge on any atom is -0.376 e. The van der Waals surface area contributed by atoms with Crippen molar-refractivity contribution in [3.8, 4) is 6.07 Å². The zero-order chi connectivity index (χ0) is 20.4. The highest BCUT2D eigenvalue weighted by Crippen LogP contribution is 2.40. The maximum absolute atomic E-state index is 9.42. The summed E-state index contributed by atoms with van der Waals surface area (Å²) in [6, 6.07) is 17.1. The van der Waals surface area contributed by atoms with Crippen molar-refractivity contribution in [2.45, 2.75) is 41.0 Å². The summed E-state index contributed by atoms with van der Waals surface area (Å²) in [6.45, 7) is 0.370. The van der Waals surface area contributed by atoms with Gasteiger partial charge in [-0.3, -0.25) is 0 Å². The van der Waals surface area contributed by atoms with Crippen LogP contribution in [-0.4, -0.2) is 43.5 Å². The third kappa shape index (κ3) is 4.37. The van der Waals surface area contributed by atoms with Gasteiger partial charge in [-0.25, -0.2) is 0 Å². The lowest BCUT2D eigenvalue weighted by Crippen LogP contribution is -2.64. The molecule has 152 valence electrons. The van der Waals surface area contributed by atoms with E-state index in [0.29, 0.717) is 12.2 Å². The number of hydrogen-bond donors (Lipinski definition) is 1. The third-order valence-corrected chi connectivity index (χ3v) is 6.74. The predicted octanol–water partition coefficient (Wildman–Crippen LogP) is 3.59. The number of nitrogens with zero attached hydrogens (tertiary/aromatic N) is 1. The van der Waals surface area contributed by atoms with Crippen LogP contribution in [-0.2, 0) is 18.9 Å². The molecule has 0 radical (unpaired) electrons. The smallest absolute Gasteiger partial charge is 0.184 e. The Hall–Kier alpha value is -1.44. The van der Waals surface area contributed by atoms with Crippen LogP contribution in [0.25, 0.3) is 0 Å². The van der Waals surface area contributed by atoms with E-state index in [1.54, 1.807) is 13.2 Å². The molecule has 0 aromatic heterocycles. The number of methoxy groups -OCH3 is 1. The summed E-state index contributed by atoms with van der Waals surface area (Å²) in [4.78, 5) is 0.805. The molecule has 6 unspecified atom stereocenters. The van der Waals surface area contributed by atoms with Crippen LogP contribution in [0.15, 0.2) is 57.9 Å². The summed E-state index contributed by atoms with van der Waals surface area (Å²) in [5.74, 6) is 0. The van der Waals surface area contributed by atoms with Gasteiger partial charge in [0.15, 0.2) is 6.29 Å². The summed E-state index contributed by atoms with van der Waals surface area (Å²) >= 11 is 4.89.